The molecule has 1 aliphatic carbocycles. The number of ether oxygens (including phenoxy) is 2. The molecule has 2 rings (SSSR count). The molecule has 0 aromatic carbocycles. The maximum atomic E-state index is 11.2. The number of aliphatic carboxylic acids is 1. The molecule has 1 unspecified atom stereocenters. The van der Waals surface area contributed by atoms with Gasteiger partial charge in [0, 0.05) is 11.8 Å². The van der Waals surface area contributed by atoms with Crippen LogP contribution < -0.4 is 5.73 Å². The van der Waals surface area contributed by atoms with Crippen LogP contribution in [-0.4, -0.2) is 35.6 Å². The molecule has 0 amide bonds. The molecule has 1 saturated heterocycles. The second-order valence-corrected chi connectivity index (χ2v) is 5.47. The summed E-state index contributed by atoms with van der Waals surface area (Å²) >= 11 is 0. The van der Waals surface area contributed by atoms with Gasteiger partial charge in [0.15, 0.2) is 5.79 Å². The van der Waals surface area contributed by atoms with E-state index >= 15 is 0 Å². The summed E-state index contributed by atoms with van der Waals surface area (Å²) in [6, 6.07) is 0. The van der Waals surface area contributed by atoms with Gasteiger partial charge in [-0.3, -0.25) is 4.79 Å². The predicted octanol–water partition coefficient (Wildman–Crippen LogP) is 0.722. The molecule has 92 valence electrons. The van der Waals surface area contributed by atoms with Crippen molar-refractivity contribution in [2.24, 2.45) is 11.1 Å². The van der Waals surface area contributed by atoms with E-state index in [-0.39, 0.29) is 5.41 Å². The Bertz CT molecular complexity index is 309. The largest absolute Gasteiger partial charge is 0.480 e. The first kappa shape index (κ1) is 11.8. The van der Waals surface area contributed by atoms with Crippen LogP contribution in [0.5, 0.6) is 0 Å². The van der Waals surface area contributed by atoms with Crippen LogP contribution in [0.25, 0.3) is 0 Å². The van der Waals surface area contributed by atoms with Crippen LogP contribution in [0.15, 0.2) is 0 Å². The molecule has 5 heteroatoms. The number of hydrogen-bond donors (Lipinski definition) is 2. The first-order valence-electron chi connectivity index (χ1n) is 5.62. The van der Waals surface area contributed by atoms with Gasteiger partial charge in [-0.25, -0.2) is 0 Å². The van der Waals surface area contributed by atoms with Crippen LogP contribution in [0.2, 0.25) is 0 Å². The third-order valence-corrected chi connectivity index (χ3v) is 3.87. The quantitative estimate of drug-likeness (QED) is 0.692. The summed E-state index contributed by atoms with van der Waals surface area (Å²) in [6.07, 6.45) is 1.31. The second kappa shape index (κ2) is 3.42. The third-order valence-electron chi connectivity index (χ3n) is 3.87. The molecule has 1 aliphatic heterocycles. The Morgan fingerprint density at radius 1 is 1.25 bits per heavy atom. The first-order chi connectivity index (χ1) is 7.31. The summed E-state index contributed by atoms with van der Waals surface area (Å²) in [6.45, 7) is 5.08. The van der Waals surface area contributed by atoms with Crippen molar-refractivity contribution in [2.75, 3.05) is 13.2 Å². The molecule has 1 heterocycles. The van der Waals surface area contributed by atoms with Crippen LogP contribution in [0.1, 0.15) is 33.1 Å². The van der Waals surface area contributed by atoms with Crippen molar-refractivity contribution >= 4 is 5.97 Å². The predicted molar refractivity (Wildman–Crippen MR) is 56.8 cm³/mol. The van der Waals surface area contributed by atoms with E-state index in [1.807, 2.05) is 13.8 Å². The van der Waals surface area contributed by atoms with Gasteiger partial charge >= 0.3 is 5.97 Å². The fourth-order valence-corrected chi connectivity index (χ4v) is 2.91. The fourth-order valence-electron chi connectivity index (χ4n) is 2.91. The maximum absolute atomic E-state index is 11.2. The topological polar surface area (TPSA) is 81.8 Å². The minimum Gasteiger partial charge on any atom is -0.480 e. The molecule has 16 heavy (non-hydrogen) atoms. The zero-order valence-corrected chi connectivity index (χ0v) is 9.78. The average molecular weight is 229 g/mol. The molecule has 3 N–H and O–H groups in total. The van der Waals surface area contributed by atoms with Crippen LogP contribution in [0.3, 0.4) is 0 Å². The van der Waals surface area contributed by atoms with Crippen molar-refractivity contribution in [2.45, 2.75) is 44.4 Å². The Morgan fingerprint density at radius 2 is 1.81 bits per heavy atom. The minimum absolute atomic E-state index is 0.370. The lowest BCUT2D eigenvalue weighted by Gasteiger charge is -2.50. The summed E-state index contributed by atoms with van der Waals surface area (Å²) in [4.78, 5) is 11.2. The van der Waals surface area contributed by atoms with E-state index in [2.05, 4.69) is 0 Å². The van der Waals surface area contributed by atoms with E-state index in [0.717, 1.165) is 0 Å². The van der Waals surface area contributed by atoms with Gasteiger partial charge in [-0.05, 0) is 12.8 Å². The Labute approximate surface area is 94.9 Å². The van der Waals surface area contributed by atoms with Crippen molar-refractivity contribution in [3.05, 3.63) is 0 Å². The lowest BCUT2D eigenvalue weighted by Crippen LogP contribution is -2.61. The number of carboxylic acids is 1. The van der Waals surface area contributed by atoms with E-state index in [1.54, 1.807) is 0 Å². The molecule has 0 aromatic rings. The minimum atomic E-state index is -1.15. The van der Waals surface area contributed by atoms with Crippen molar-refractivity contribution < 1.29 is 19.4 Å². The van der Waals surface area contributed by atoms with Crippen LogP contribution in [-0.2, 0) is 14.3 Å². The van der Waals surface area contributed by atoms with E-state index in [1.165, 1.54) is 0 Å². The molecule has 0 bridgehead atoms. The molecular weight excluding hydrogens is 210 g/mol. The highest BCUT2D eigenvalue weighted by molar-refractivity contribution is 5.78. The van der Waals surface area contributed by atoms with E-state index in [4.69, 9.17) is 20.3 Å². The van der Waals surface area contributed by atoms with Gasteiger partial charge in [-0.15, -0.1) is 0 Å². The molecule has 2 fully saturated rings. The number of carboxylic acid groups (broad SMARTS) is 1. The highest BCUT2D eigenvalue weighted by Crippen LogP contribution is 2.51. The number of rotatable bonds is 1. The third kappa shape index (κ3) is 1.54. The Hall–Kier alpha value is -0.650. The summed E-state index contributed by atoms with van der Waals surface area (Å²) in [5.74, 6) is -1.57. The van der Waals surface area contributed by atoms with Gasteiger partial charge in [-0.1, -0.05) is 13.8 Å². The van der Waals surface area contributed by atoms with Crippen LogP contribution >= 0.6 is 0 Å². The highest BCUT2D eigenvalue weighted by atomic mass is 16.7. The normalized spacial score (nSPS) is 36.4. The lowest BCUT2D eigenvalue weighted by molar-refractivity contribution is -0.254. The van der Waals surface area contributed by atoms with Gasteiger partial charge in [0.1, 0.15) is 5.54 Å². The fraction of sp³-hybridized carbons (Fsp3) is 0.909. The molecule has 1 atom stereocenters. The summed E-state index contributed by atoms with van der Waals surface area (Å²) in [5, 5.41) is 9.15. The number of carbonyl (C=O) groups is 1. The average Bonchev–Trinajstić information content (AvgIpc) is 2.62. The Morgan fingerprint density at radius 3 is 2.25 bits per heavy atom. The SMILES string of the molecule is CC1(C)CC(N)(C(=O)O)CCC12OCCO2. The summed E-state index contributed by atoms with van der Waals surface area (Å²) in [7, 11) is 0. The lowest BCUT2D eigenvalue weighted by atomic mass is 9.64. The van der Waals surface area contributed by atoms with Crippen molar-refractivity contribution in [3.63, 3.8) is 0 Å². The van der Waals surface area contributed by atoms with Crippen LogP contribution in [0.4, 0.5) is 0 Å². The molecule has 0 radical (unpaired) electrons. The zero-order chi connectivity index (χ0) is 12.0. The smallest absolute Gasteiger partial charge is 0.323 e. The molecule has 1 saturated carbocycles. The standard InChI is InChI=1S/C11H19NO4/c1-9(2)7-10(12,8(13)14)3-4-11(9)15-5-6-16-11/h3-7,12H2,1-2H3,(H,13,14). The monoisotopic (exact) mass is 229 g/mol. The second-order valence-electron chi connectivity index (χ2n) is 5.47. The molecular formula is C11H19NO4. The Kier molecular flexibility index (Phi) is 2.53. The van der Waals surface area contributed by atoms with Gasteiger partial charge in [0.2, 0.25) is 0 Å². The number of nitrogens with two attached hydrogens (primary N) is 1. The van der Waals surface area contributed by atoms with E-state index in [9.17, 15) is 4.79 Å². The van der Waals surface area contributed by atoms with E-state index in [0.29, 0.717) is 32.5 Å². The van der Waals surface area contributed by atoms with Crippen molar-refractivity contribution in [3.8, 4) is 0 Å². The molecule has 0 aromatic heterocycles. The van der Waals surface area contributed by atoms with Crippen molar-refractivity contribution in [1.82, 2.24) is 0 Å². The Balaban J connectivity index is 2.24. The molecule has 2 aliphatic rings. The summed E-state index contributed by atoms with van der Waals surface area (Å²) in [5.41, 5.74) is 4.39. The van der Waals surface area contributed by atoms with Gasteiger partial charge in [-0.2, -0.15) is 0 Å². The summed E-state index contributed by atoms with van der Waals surface area (Å²) < 4.78 is 11.4. The van der Waals surface area contributed by atoms with E-state index < -0.39 is 17.3 Å². The van der Waals surface area contributed by atoms with Gasteiger partial charge in [0.05, 0.1) is 13.2 Å². The zero-order valence-electron chi connectivity index (χ0n) is 9.78. The highest BCUT2D eigenvalue weighted by Gasteiger charge is 2.58. The van der Waals surface area contributed by atoms with Crippen LogP contribution in [0, 0.1) is 5.41 Å². The van der Waals surface area contributed by atoms with Crippen molar-refractivity contribution in [1.29, 1.82) is 0 Å². The molecule has 1 spiro atoms. The first-order valence-corrected chi connectivity index (χ1v) is 5.62. The van der Waals surface area contributed by atoms with Gasteiger partial charge < -0.3 is 20.3 Å². The molecule has 5 nitrogen and oxygen atoms in total. The maximum Gasteiger partial charge on any atom is 0.323 e. The van der Waals surface area contributed by atoms with Gasteiger partial charge in [0.25, 0.3) is 0 Å². The number of hydrogen-bond acceptors (Lipinski definition) is 4.